The molecule has 0 aliphatic rings. The summed E-state index contributed by atoms with van der Waals surface area (Å²) in [5.74, 6) is 0. The zero-order chi connectivity index (χ0) is 11.5. The monoisotopic (exact) mass is 215 g/mol. The first kappa shape index (κ1) is 10.2. The van der Waals surface area contributed by atoms with Crippen molar-refractivity contribution in [1.82, 2.24) is 9.97 Å². The van der Waals surface area contributed by atoms with Crippen LogP contribution < -0.4 is 0 Å². The van der Waals surface area contributed by atoms with Gasteiger partial charge in [0.25, 0.3) is 5.69 Å². The van der Waals surface area contributed by atoms with Crippen LogP contribution in [-0.2, 0) is 0 Å². The maximum absolute atomic E-state index is 10.9. The fourth-order valence-electron chi connectivity index (χ4n) is 1.42. The molecule has 2 aromatic heterocycles. The van der Waals surface area contributed by atoms with Gasteiger partial charge in [-0.15, -0.1) is 0 Å². The molecule has 0 atom stereocenters. The van der Waals surface area contributed by atoms with Crippen molar-refractivity contribution in [2.24, 2.45) is 0 Å². The summed E-state index contributed by atoms with van der Waals surface area (Å²) in [7, 11) is 0. The summed E-state index contributed by atoms with van der Waals surface area (Å²) >= 11 is 0. The van der Waals surface area contributed by atoms with E-state index in [4.69, 9.17) is 0 Å². The summed E-state index contributed by atoms with van der Waals surface area (Å²) in [5, 5.41) is 10.9. The van der Waals surface area contributed by atoms with Gasteiger partial charge in [-0.25, -0.2) is 4.98 Å². The van der Waals surface area contributed by atoms with Crippen LogP contribution in [0.2, 0.25) is 0 Å². The van der Waals surface area contributed by atoms with Crippen LogP contribution in [0.3, 0.4) is 0 Å². The van der Waals surface area contributed by atoms with Gasteiger partial charge in [-0.2, -0.15) is 0 Å². The average molecular weight is 215 g/mol. The second-order valence-electron chi connectivity index (χ2n) is 3.38. The van der Waals surface area contributed by atoms with Gasteiger partial charge >= 0.3 is 0 Å². The highest BCUT2D eigenvalue weighted by atomic mass is 16.6. The average Bonchev–Trinajstić information content (AvgIpc) is 2.30. The minimum atomic E-state index is -0.428. The highest BCUT2D eigenvalue weighted by molar-refractivity contribution is 5.68. The molecule has 0 fully saturated rings. The van der Waals surface area contributed by atoms with Gasteiger partial charge in [-0.3, -0.25) is 15.1 Å². The molecule has 0 radical (unpaired) electrons. The number of hydrogen-bond acceptors (Lipinski definition) is 4. The van der Waals surface area contributed by atoms with Crippen molar-refractivity contribution in [3.8, 4) is 11.3 Å². The summed E-state index contributed by atoms with van der Waals surface area (Å²) < 4.78 is 0. The third-order valence-corrected chi connectivity index (χ3v) is 2.14. The van der Waals surface area contributed by atoms with E-state index in [1.807, 2.05) is 0 Å². The summed E-state index contributed by atoms with van der Waals surface area (Å²) in [4.78, 5) is 18.5. The molecule has 0 bridgehead atoms. The largest absolute Gasteiger partial charge is 0.295 e. The molecule has 0 amide bonds. The topological polar surface area (TPSA) is 68.9 Å². The smallest absolute Gasteiger partial charge is 0.264 e. The van der Waals surface area contributed by atoms with Crippen molar-refractivity contribution in [3.63, 3.8) is 0 Å². The zero-order valence-corrected chi connectivity index (χ0v) is 8.62. The quantitative estimate of drug-likeness (QED) is 0.569. The van der Waals surface area contributed by atoms with Crippen molar-refractivity contribution in [1.29, 1.82) is 0 Å². The first-order valence-electron chi connectivity index (χ1n) is 4.70. The second kappa shape index (κ2) is 4.06. The lowest BCUT2D eigenvalue weighted by Crippen LogP contribution is -1.95. The van der Waals surface area contributed by atoms with E-state index in [0.717, 1.165) is 5.56 Å². The molecule has 0 saturated heterocycles. The Hall–Kier alpha value is -2.30. The maximum atomic E-state index is 10.9. The lowest BCUT2D eigenvalue weighted by atomic mass is 10.1. The summed E-state index contributed by atoms with van der Waals surface area (Å²) in [6.45, 7) is 1.77. The predicted molar refractivity (Wildman–Crippen MR) is 58.9 cm³/mol. The van der Waals surface area contributed by atoms with E-state index in [-0.39, 0.29) is 5.69 Å². The molecule has 0 aliphatic carbocycles. The van der Waals surface area contributed by atoms with Crippen LogP contribution in [0.5, 0.6) is 0 Å². The van der Waals surface area contributed by atoms with Crippen molar-refractivity contribution < 1.29 is 4.92 Å². The molecule has 5 nitrogen and oxygen atoms in total. The Morgan fingerprint density at radius 2 is 2.19 bits per heavy atom. The third-order valence-electron chi connectivity index (χ3n) is 2.14. The Balaban J connectivity index is 2.61. The van der Waals surface area contributed by atoms with Crippen molar-refractivity contribution >= 4 is 5.69 Å². The minimum Gasteiger partial charge on any atom is -0.264 e. The fourth-order valence-corrected chi connectivity index (χ4v) is 1.42. The number of pyridine rings is 2. The van der Waals surface area contributed by atoms with Crippen molar-refractivity contribution in [3.05, 3.63) is 52.5 Å². The minimum absolute atomic E-state index is 0.00741. The molecular formula is C11H9N3O2. The normalized spacial score (nSPS) is 10.1. The maximum Gasteiger partial charge on any atom is 0.295 e. The SMILES string of the molecule is Cc1cnc(-c2cccnc2)c([N+](=O)[O-])c1. The van der Waals surface area contributed by atoms with E-state index >= 15 is 0 Å². The first-order valence-corrected chi connectivity index (χ1v) is 4.70. The third kappa shape index (κ3) is 1.88. The fraction of sp³-hybridized carbons (Fsp3) is 0.0909. The van der Waals surface area contributed by atoms with E-state index in [0.29, 0.717) is 11.3 Å². The number of rotatable bonds is 2. The van der Waals surface area contributed by atoms with Crippen LogP contribution in [0.1, 0.15) is 5.56 Å². The molecule has 0 aromatic carbocycles. The summed E-state index contributed by atoms with van der Waals surface area (Å²) in [6.07, 6.45) is 4.78. The molecule has 0 N–H and O–H groups in total. The lowest BCUT2D eigenvalue weighted by molar-refractivity contribution is -0.384. The molecule has 0 unspecified atom stereocenters. The number of nitro groups is 1. The molecule has 5 heteroatoms. The van der Waals surface area contributed by atoms with Gasteiger partial charge < -0.3 is 0 Å². The van der Waals surface area contributed by atoms with E-state index < -0.39 is 4.92 Å². The molecule has 16 heavy (non-hydrogen) atoms. The van der Waals surface area contributed by atoms with E-state index in [1.165, 1.54) is 6.07 Å². The van der Waals surface area contributed by atoms with Crippen molar-refractivity contribution in [2.75, 3.05) is 0 Å². The number of nitrogens with zero attached hydrogens (tertiary/aromatic N) is 3. The molecule has 0 saturated carbocycles. The molecule has 2 rings (SSSR count). The lowest BCUT2D eigenvalue weighted by Gasteiger charge is -2.02. The molecular weight excluding hydrogens is 206 g/mol. The summed E-state index contributed by atoms with van der Waals surface area (Å²) in [5.41, 5.74) is 1.77. The molecule has 80 valence electrons. The van der Waals surface area contributed by atoms with Crippen LogP contribution in [0.15, 0.2) is 36.8 Å². The van der Waals surface area contributed by atoms with Gasteiger partial charge in [0.05, 0.1) is 4.92 Å². The Labute approximate surface area is 91.9 Å². The van der Waals surface area contributed by atoms with Gasteiger partial charge in [-0.05, 0) is 24.6 Å². The predicted octanol–water partition coefficient (Wildman–Crippen LogP) is 2.36. The number of aryl methyl sites for hydroxylation is 1. The number of hydrogen-bond donors (Lipinski definition) is 0. The Kier molecular flexibility index (Phi) is 2.59. The van der Waals surface area contributed by atoms with Crippen LogP contribution in [-0.4, -0.2) is 14.9 Å². The number of aromatic nitrogens is 2. The van der Waals surface area contributed by atoms with Crippen LogP contribution in [0.4, 0.5) is 5.69 Å². The van der Waals surface area contributed by atoms with Gasteiger partial charge in [-0.1, -0.05) is 0 Å². The highest BCUT2D eigenvalue weighted by Gasteiger charge is 2.16. The summed E-state index contributed by atoms with van der Waals surface area (Å²) in [6, 6.07) is 4.98. The molecule has 2 aromatic rings. The molecule has 2 heterocycles. The first-order chi connectivity index (χ1) is 7.68. The standard InChI is InChI=1S/C11H9N3O2/c1-8-5-10(14(15)16)11(13-6-8)9-3-2-4-12-7-9/h2-7H,1H3. The van der Waals surface area contributed by atoms with Crippen molar-refractivity contribution in [2.45, 2.75) is 6.92 Å². The van der Waals surface area contributed by atoms with Gasteiger partial charge in [0.2, 0.25) is 0 Å². The van der Waals surface area contributed by atoms with Crippen LogP contribution in [0.25, 0.3) is 11.3 Å². The van der Waals surface area contributed by atoms with Gasteiger partial charge in [0.15, 0.2) is 0 Å². The van der Waals surface area contributed by atoms with E-state index in [2.05, 4.69) is 9.97 Å². The Morgan fingerprint density at radius 1 is 1.38 bits per heavy atom. The van der Waals surface area contributed by atoms with Gasteiger partial charge in [0.1, 0.15) is 5.69 Å². The van der Waals surface area contributed by atoms with E-state index in [9.17, 15) is 10.1 Å². The molecule has 0 aliphatic heterocycles. The highest BCUT2D eigenvalue weighted by Crippen LogP contribution is 2.27. The van der Waals surface area contributed by atoms with Crippen LogP contribution >= 0.6 is 0 Å². The Bertz CT molecular complexity index is 526. The Morgan fingerprint density at radius 3 is 2.81 bits per heavy atom. The van der Waals surface area contributed by atoms with Crippen LogP contribution in [0, 0.1) is 17.0 Å². The van der Waals surface area contributed by atoms with E-state index in [1.54, 1.807) is 37.6 Å². The zero-order valence-electron chi connectivity index (χ0n) is 8.62. The molecule has 0 spiro atoms. The van der Waals surface area contributed by atoms with Gasteiger partial charge in [0, 0.05) is 30.2 Å². The second-order valence-corrected chi connectivity index (χ2v) is 3.38.